The third-order valence-electron chi connectivity index (χ3n) is 4.85. The van der Waals surface area contributed by atoms with Crippen molar-refractivity contribution >= 4 is 26.8 Å². The molecule has 0 atom stereocenters. The van der Waals surface area contributed by atoms with Crippen molar-refractivity contribution in [1.82, 2.24) is 14.6 Å². The predicted molar refractivity (Wildman–Crippen MR) is 104 cm³/mol. The van der Waals surface area contributed by atoms with Crippen LogP contribution >= 0.6 is 0 Å². The van der Waals surface area contributed by atoms with Gasteiger partial charge in [0.2, 0.25) is 15.6 Å². The number of carbonyl (C=O) groups excluding carboxylic acids is 1. The summed E-state index contributed by atoms with van der Waals surface area (Å²) in [4.78, 5) is 27.0. The molecule has 0 spiro atoms. The van der Waals surface area contributed by atoms with Crippen LogP contribution in [0.25, 0.3) is 10.9 Å². The van der Waals surface area contributed by atoms with E-state index in [1.807, 2.05) is 0 Å². The second kappa shape index (κ2) is 7.66. The molecule has 1 amide bonds. The quantitative estimate of drug-likeness (QED) is 0.763. The Morgan fingerprint density at radius 3 is 2.70 bits per heavy atom. The summed E-state index contributed by atoms with van der Waals surface area (Å²) in [5, 5.41) is 3.02. The lowest BCUT2D eigenvalue weighted by atomic mass is 10.0. The molecule has 1 aromatic carbocycles. The van der Waals surface area contributed by atoms with Gasteiger partial charge < -0.3 is 10.3 Å². The molecule has 7 nitrogen and oxygen atoms in total. The normalized spacial score (nSPS) is 16.3. The van der Waals surface area contributed by atoms with Crippen molar-refractivity contribution in [3.63, 3.8) is 0 Å². The van der Waals surface area contributed by atoms with E-state index in [0.29, 0.717) is 29.9 Å². The molecule has 0 bridgehead atoms. The van der Waals surface area contributed by atoms with Crippen LogP contribution in [-0.2, 0) is 10.0 Å². The number of hydrogen-bond acceptors (Lipinski definition) is 4. The molecule has 1 aliphatic heterocycles. The van der Waals surface area contributed by atoms with Gasteiger partial charge >= 0.3 is 0 Å². The minimum absolute atomic E-state index is 0.120. The van der Waals surface area contributed by atoms with E-state index in [1.165, 1.54) is 34.6 Å². The number of pyridine rings is 1. The largest absolute Gasteiger partial charge is 0.349 e. The zero-order valence-corrected chi connectivity index (χ0v) is 16.0. The molecule has 1 aromatic heterocycles. The third kappa shape index (κ3) is 3.96. The predicted octanol–water partition coefficient (Wildman–Crippen LogP) is 1.86. The van der Waals surface area contributed by atoms with Crippen LogP contribution in [0.2, 0.25) is 0 Å². The van der Waals surface area contributed by atoms with Gasteiger partial charge in [0.15, 0.2) is 0 Å². The number of rotatable bonds is 5. The Morgan fingerprint density at radius 2 is 2.04 bits per heavy atom. The van der Waals surface area contributed by atoms with Crippen LogP contribution in [0, 0.1) is 5.92 Å². The molecular formula is C19H23N3O4S. The number of nitrogens with zero attached hydrogens (tertiary/aromatic N) is 1. The van der Waals surface area contributed by atoms with Gasteiger partial charge in [-0.25, -0.2) is 8.42 Å². The number of sulfonamides is 1. The Balaban J connectivity index is 2.06. The Hall–Kier alpha value is -2.45. The van der Waals surface area contributed by atoms with E-state index in [9.17, 15) is 18.0 Å². The van der Waals surface area contributed by atoms with E-state index in [1.54, 1.807) is 0 Å². The summed E-state index contributed by atoms with van der Waals surface area (Å²) in [6.07, 6.45) is 3.19. The highest BCUT2D eigenvalue weighted by molar-refractivity contribution is 7.89. The maximum Gasteiger partial charge on any atom is 0.252 e. The summed E-state index contributed by atoms with van der Waals surface area (Å²) < 4.78 is 27.5. The smallest absolute Gasteiger partial charge is 0.252 e. The van der Waals surface area contributed by atoms with E-state index in [0.717, 1.165) is 12.8 Å². The SMILES string of the molecule is C=CCNC(=O)c1cc(=O)[nH]c2ccc(S(=O)(=O)N3CCC(C)CC3)cc12. The zero-order valence-electron chi connectivity index (χ0n) is 15.2. The minimum Gasteiger partial charge on any atom is -0.349 e. The first kappa shape index (κ1) is 19.3. The second-order valence-corrected chi connectivity index (χ2v) is 8.78. The highest BCUT2D eigenvalue weighted by atomic mass is 32.2. The van der Waals surface area contributed by atoms with Gasteiger partial charge in [-0.05, 0) is 37.0 Å². The van der Waals surface area contributed by atoms with Gasteiger partial charge in [0.25, 0.3) is 5.91 Å². The van der Waals surface area contributed by atoms with Crippen molar-refractivity contribution in [2.45, 2.75) is 24.7 Å². The van der Waals surface area contributed by atoms with Crippen molar-refractivity contribution in [2.24, 2.45) is 5.92 Å². The van der Waals surface area contributed by atoms with Gasteiger partial charge in [0, 0.05) is 36.6 Å². The van der Waals surface area contributed by atoms with Gasteiger partial charge in [-0.15, -0.1) is 6.58 Å². The molecule has 0 unspecified atom stereocenters. The molecule has 0 radical (unpaired) electrons. The number of carbonyl (C=O) groups is 1. The molecule has 2 aromatic rings. The summed E-state index contributed by atoms with van der Waals surface area (Å²) in [6, 6.07) is 5.64. The van der Waals surface area contributed by atoms with E-state index in [-0.39, 0.29) is 17.0 Å². The number of amides is 1. The number of aromatic amines is 1. The maximum absolute atomic E-state index is 13.0. The van der Waals surface area contributed by atoms with Crippen molar-refractivity contribution in [2.75, 3.05) is 19.6 Å². The molecule has 2 heterocycles. The number of fused-ring (bicyclic) bond motifs is 1. The summed E-state index contributed by atoms with van der Waals surface area (Å²) in [5.41, 5.74) is 0.129. The van der Waals surface area contributed by atoms with E-state index in [4.69, 9.17) is 0 Å². The molecule has 2 N–H and O–H groups in total. The third-order valence-corrected chi connectivity index (χ3v) is 6.74. The Kier molecular flexibility index (Phi) is 5.48. The zero-order chi connectivity index (χ0) is 19.6. The van der Waals surface area contributed by atoms with Gasteiger partial charge in [-0.3, -0.25) is 9.59 Å². The Bertz CT molecular complexity index is 1030. The van der Waals surface area contributed by atoms with Gasteiger partial charge in [-0.1, -0.05) is 13.0 Å². The summed E-state index contributed by atoms with van der Waals surface area (Å²) >= 11 is 0. The summed E-state index contributed by atoms with van der Waals surface area (Å²) in [6.45, 7) is 6.88. The lowest BCUT2D eigenvalue weighted by Gasteiger charge is -2.29. The average molecular weight is 389 g/mol. The summed E-state index contributed by atoms with van der Waals surface area (Å²) in [5.74, 6) is 0.0608. The van der Waals surface area contributed by atoms with Crippen LogP contribution in [-0.4, -0.2) is 43.2 Å². The maximum atomic E-state index is 13.0. The first-order chi connectivity index (χ1) is 12.8. The second-order valence-electron chi connectivity index (χ2n) is 6.84. The standard InChI is InChI=1S/C19H23N3O4S/c1-3-8-20-19(24)16-12-18(23)21-17-5-4-14(11-15(16)17)27(25,26)22-9-6-13(2)7-10-22/h3-5,11-13H,1,6-10H2,2H3,(H,20,24)(H,21,23). The van der Waals surface area contributed by atoms with Gasteiger partial charge in [0.1, 0.15) is 0 Å². The van der Waals surface area contributed by atoms with Crippen molar-refractivity contribution in [3.05, 3.63) is 52.8 Å². The van der Waals surface area contributed by atoms with Crippen molar-refractivity contribution < 1.29 is 13.2 Å². The van der Waals surface area contributed by atoms with Crippen molar-refractivity contribution in [3.8, 4) is 0 Å². The van der Waals surface area contributed by atoms with Crippen LogP contribution in [0.4, 0.5) is 0 Å². The van der Waals surface area contributed by atoms with Crippen LogP contribution in [0.1, 0.15) is 30.1 Å². The molecular weight excluding hydrogens is 366 g/mol. The van der Waals surface area contributed by atoms with Gasteiger partial charge in [-0.2, -0.15) is 4.31 Å². The highest BCUT2D eigenvalue weighted by Gasteiger charge is 2.28. The molecule has 3 rings (SSSR count). The molecule has 1 fully saturated rings. The first-order valence-corrected chi connectivity index (χ1v) is 10.3. The molecule has 144 valence electrons. The van der Waals surface area contributed by atoms with Crippen LogP contribution in [0.5, 0.6) is 0 Å². The topological polar surface area (TPSA) is 99.3 Å². The Morgan fingerprint density at radius 1 is 1.33 bits per heavy atom. The van der Waals surface area contributed by atoms with Crippen LogP contribution in [0.3, 0.4) is 0 Å². The van der Waals surface area contributed by atoms with Crippen molar-refractivity contribution in [1.29, 1.82) is 0 Å². The number of benzene rings is 1. The molecule has 8 heteroatoms. The number of aromatic nitrogens is 1. The highest BCUT2D eigenvalue weighted by Crippen LogP contribution is 2.26. The average Bonchev–Trinajstić information content (AvgIpc) is 2.65. The molecule has 0 aliphatic carbocycles. The summed E-state index contributed by atoms with van der Waals surface area (Å²) in [7, 11) is -3.65. The molecule has 1 saturated heterocycles. The fourth-order valence-corrected chi connectivity index (χ4v) is 4.71. The monoisotopic (exact) mass is 389 g/mol. The Labute approximate surface area is 158 Å². The number of nitrogens with one attached hydrogen (secondary N) is 2. The molecule has 27 heavy (non-hydrogen) atoms. The minimum atomic E-state index is -3.65. The number of H-pyrrole nitrogens is 1. The van der Waals surface area contributed by atoms with E-state index >= 15 is 0 Å². The molecule has 1 aliphatic rings. The van der Waals surface area contributed by atoms with E-state index < -0.39 is 21.5 Å². The first-order valence-electron chi connectivity index (χ1n) is 8.89. The van der Waals surface area contributed by atoms with Crippen LogP contribution in [0.15, 0.2) is 46.6 Å². The number of hydrogen-bond donors (Lipinski definition) is 2. The van der Waals surface area contributed by atoms with Crippen LogP contribution < -0.4 is 10.9 Å². The fraction of sp³-hybridized carbons (Fsp3) is 0.368. The molecule has 0 saturated carbocycles. The lowest BCUT2D eigenvalue weighted by molar-refractivity contribution is 0.0959. The number of piperidine rings is 1. The fourth-order valence-electron chi connectivity index (χ4n) is 3.22. The lowest BCUT2D eigenvalue weighted by Crippen LogP contribution is -2.37. The van der Waals surface area contributed by atoms with Gasteiger partial charge in [0.05, 0.1) is 10.5 Å². The van der Waals surface area contributed by atoms with E-state index in [2.05, 4.69) is 23.8 Å².